The Balaban J connectivity index is 1.83. The summed E-state index contributed by atoms with van der Waals surface area (Å²) in [5.74, 6) is 1.09. The van der Waals surface area contributed by atoms with Crippen LogP contribution < -0.4 is 28.4 Å². The average molecular weight is 575 g/mol. The Kier molecular flexibility index (Phi) is 8.46. The Morgan fingerprint density at radius 3 is 2.03 bits per heavy atom. The zero-order chi connectivity index (χ0) is 28.2. The van der Waals surface area contributed by atoms with E-state index in [0.717, 1.165) is 23.0 Å². The van der Waals surface area contributed by atoms with Gasteiger partial charge in [-0.15, -0.1) is 0 Å². The molecule has 0 aliphatic heterocycles. The van der Waals surface area contributed by atoms with Crippen LogP contribution in [0, 0.1) is 5.82 Å². The number of ether oxygens (including phenoxy) is 5. The lowest BCUT2D eigenvalue weighted by Crippen LogP contribution is -2.13. The fraction of sp³-hybridized carbons (Fsp3) is 0.222. The summed E-state index contributed by atoms with van der Waals surface area (Å²) in [6.07, 6.45) is 0. The molecule has 39 heavy (non-hydrogen) atoms. The SMILES string of the molecule is CCOc1ccc(-c2nc(NS(=O)(=O)c3ccc(OC)c(F)c3)sc2-c2cc(OC)c(OC)c(OC)c2)cc1. The molecule has 0 saturated carbocycles. The van der Waals surface area contributed by atoms with Crippen molar-refractivity contribution in [1.82, 2.24) is 4.98 Å². The van der Waals surface area contributed by atoms with Crippen molar-refractivity contribution >= 4 is 26.5 Å². The van der Waals surface area contributed by atoms with Crippen LogP contribution >= 0.6 is 11.3 Å². The summed E-state index contributed by atoms with van der Waals surface area (Å²) in [5.41, 5.74) is 1.89. The Morgan fingerprint density at radius 2 is 1.49 bits per heavy atom. The Labute approximate surface area is 230 Å². The first kappa shape index (κ1) is 28.0. The number of methoxy groups -OCH3 is 4. The summed E-state index contributed by atoms with van der Waals surface area (Å²) in [6, 6.07) is 14.2. The van der Waals surface area contributed by atoms with E-state index in [1.807, 2.05) is 19.1 Å². The zero-order valence-electron chi connectivity index (χ0n) is 21.9. The van der Waals surface area contributed by atoms with Gasteiger partial charge in [0.05, 0.1) is 50.5 Å². The largest absolute Gasteiger partial charge is 0.494 e. The molecule has 0 bridgehead atoms. The highest BCUT2D eigenvalue weighted by Gasteiger charge is 2.24. The first-order valence-corrected chi connectivity index (χ1v) is 13.9. The number of aromatic nitrogens is 1. The standard InChI is InChI=1S/C27H27FN2O7S2/c1-6-37-18-9-7-16(8-10-18)24-26(17-13-22(34-3)25(36-5)23(14-17)35-4)38-27(29-24)30-39(31,32)19-11-12-21(33-2)20(28)15-19/h7-15H,6H2,1-5H3,(H,29,30). The summed E-state index contributed by atoms with van der Waals surface area (Å²) in [5, 5.41) is 0.0823. The van der Waals surface area contributed by atoms with E-state index in [4.69, 9.17) is 23.7 Å². The Hall–Kier alpha value is -4.03. The smallest absolute Gasteiger partial charge is 0.263 e. The summed E-state index contributed by atoms with van der Waals surface area (Å²) in [7, 11) is 1.66. The number of thiazole rings is 1. The molecule has 1 aromatic heterocycles. The number of nitrogens with one attached hydrogen (secondary N) is 1. The van der Waals surface area contributed by atoms with Crippen LogP contribution in [0.3, 0.4) is 0 Å². The van der Waals surface area contributed by atoms with E-state index in [0.29, 0.717) is 45.7 Å². The molecule has 0 radical (unpaired) electrons. The molecule has 0 aliphatic carbocycles. The molecule has 12 heteroatoms. The second-order valence-corrected chi connectivity index (χ2v) is 10.7. The third-order valence-corrected chi connectivity index (χ3v) is 8.13. The Bertz CT molecular complexity index is 1550. The van der Waals surface area contributed by atoms with E-state index in [-0.39, 0.29) is 15.8 Å². The van der Waals surface area contributed by atoms with Gasteiger partial charge in [-0.05, 0) is 61.5 Å². The van der Waals surface area contributed by atoms with Crippen molar-refractivity contribution in [1.29, 1.82) is 0 Å². The summed E-state index contributed by atoms with van der Waals surface area (Å²) < 4.78 is 69.9. The van der Waals surface area contributed by atoms with E-state index < -0.39 is 15.8 Å². The molecule has 3 aromatic carbocycles. The maximum atomic E-state index is 14.2. The minimum absolute atomic E-state index is 0.0642. The van der Waals surface area contributed by atoms with E-state index in [1.165, 1.54) is 40.6 Å². The topological polar surface area (TPSA) is 105 Å². The number of hydrogen-bond acceptors (Lipinski definition) is 9. The predicted octanol–water partition coefficient (Wildman–Crippen LogP) is 5.85. The Morgan fingerprint density at radius 1 is 0.846 bits per heavy atom. The molecular weight excluding hydrogens is 547 g/mol. The molecule has 0 atom stereocenters. The third kappa shape index (κ3) is 5.86. The van der Waals surface area contributed by atoms with Crippen LogP contribution in [0.15, 0.2) is 59.5 Å². The molecule has 1 N–H and O–H groups in total. The average Bonchev–Trinajstić information content (AvgIpc) is 3.35. The number of sulfonamides is 1. The lowest BCUT2D eigenvalue weighted by atomic mass is 10.1. The van der Waals surface area contributed by atoms with Gasteiger partial charge in [-0.3, -0.25) is 4.72 Å². The summed E-state index contributed by atoms with van der Waals surface area (Å²) in [4.78, 5) is 4.97. The van der Waals surface area contributed by atoms with Crippen LogP contribution in [-0.2, 0) is 10.0 Å². The molecule has 0 saturated heterocycles. The molecule has 0 aliphatic rings. The highest BCUT2D eigenvalue weighted by Crippen LogP contribution is 2.46. The fourth-order valence-corrected chi connectivity index (χ4v) is 6.05. The molecule has 0 amide bonds. The molecule has 4 aromatic rings. The van der Waals surface area contributed by atoms with Gasteiger partial charge in [-0.2, -0.15) is 0 Å². The van der Waals surface area contributed by atoms with Crippen LogP contribution in [0.5, 0.6) is 28.7 Å². The van der Waals surface area contributed by atoms with Gasteiger partial charge in [0.15, 0.2) is 28.2 Å². The van der Waals surface area contributed by atoms with Gasteiger partial charge in [0, 0.05) is 11.1 Å². The van der Waals surface area contributed by atoms with Gasteiger partial charge in [-0.1, -0.05) is 11.3 Å². The van der Waals surface area contributed by atoms with Crippen molar-refractivity contribution in [2.24, 2.45) is 0 Å². The monoisotopic (exact) mass is 574 g/mol. The highest BCUT2D eigenvalue weighted by molar-refractivity contribution is 7.93. The number of benzene rings is 3. The normalized spacial score (nSPS) is 11.1. The molecule has 9 nitrogen and oxygen atoms in total. The van der Waals surface area contributed by atoms with Gasteiger partial charge in [0.2, 0.25) is 5.75 Å². The van der Waals surface area contributed by atoms with Crippen LogP contribution in [0.25, 0.3) is 21.7 Å². The van der Waals surface area contributed by atoms with E-state index in [2.05, 4.69) is 9.71 Å². The fourth-order valence-electron chi connectivity index (χ4n) is 3.83. The molecule has 206 valence electrons. The summed E-state index contributed by atoms with van der Waals surface area (Å²) in [6.45, 7) is 2.41. The van der Waals surface area contributed by atoms with Crippen LogP contribution in [0.1, 0.15) is 6.92 Å². The molecule has 1 heterocycles. The van der Waals surface area contributed by atoms with Crippen LogP contribution in [0.2, 0.25) is 0 Å². The van der Waals surface area contributed by atoms with Gasteiger partial charge < -0.3 is 23.7 Å². The number of hydrogen-bond donors (Lipinski definition) is 1. The van der Waals surface area contributed by atoms with Crippen molar-refractivity contribution in [3.63, 3.8) is 0 Å². The van der Waals surface area contributed by atoms with Crippen molar-refractivity contribution in [2.75, 3.05) is 39.8 Å². The van der Waals surface area contributed by atoms with Crippen molar-refractivity contribution in [2.45, 2.75) is 11.8 Å². The number of rotatable bonds is 11. The number of halogens is 1. The van der Waals surface area contributed by atoms with Crippen molar-refractivity contribution in [3.8, 4) is 50.4 Å². The van der Waals surface area contributed by atoms with Gasteiger partial charge in [-0.25, -0.2) is 17.8 Å². The van der Waals surface area contributed by atoms with Crippen molar-refractivity contribution < 1.29 is 36.5 Å². The predicted molar refractivity (Wildman–Crippen MR) is 148 cm³/mol. The van der Waals surface area contributed by atoms with Gasteiger partial charge in [0.1, 0.15) is 5.75 Å². The number of anilines is 1. The quantitative estimate of drug-likeness (QED) is 0.238. The first-order valence-electron chi connectivity index (χ1n) is 11.6. The highest BCUT2D eigenvalue weighted by atomic mass is 32.2. The van der Waals surface area contributed by atoms with Crippen LogP contribution in [0.4, 0.5) is 9.52 Å². The molecule has 0 spiro atoms. The minimum atomic E-state index is -4.17. The second kappa shape index (κ2) is 11.8. The number of nitrogens with zero attached hydrogens (tertiary/aromatic N) is 1. The molecule has 4 rings (SSSR count). The summed E-state index contributed by atoms with van der Waals surface area (Å²) >= 11 is 1.10. The molecular formula is C27H27FN2O7S2. The minimum Gasteiger partial charge on any atom is -0.494 e. The second-order valence-electron chi connectivity index (χ2n) is 7.97. The van der Waals surface area contributed by atoms with Crippen LogP contribution in [-0.4, -0.2) is 48.4 Å². The van der Waals surface area contributed by atoms with Crippen molar-refractivity contribution in [3.05, 3.63) is 60.4 Å². The molecule has 0 unspecified atom stereocenters. The van der Waals surface area contributed by atoms with E-state index in [1.54, 1.807) is 24.3 Å². The lowest BCUT2D eigenvalue weighted by molar-refractivity contribution is 0.324. The third-order valence-electron chi connectivity index (χ3n) is 5.65. The maximum Gasteiger partial charge on any atom is 0.263 e. The maximum absolute atomic E-state index is 14.2. The zero-order valence-corrected chi connectivity index (χ0v) is 23.5. The van der Waals surface area contributed by atoms with E-state index in [9.17, 15) is 12.8 Å². The molecule has 0 fully saturated rings. The van der Waals surface area contributed by atoms with Gasteiger partial charge in [0.25, 0.3) is 10.0 Å². The first-order chi connectivity index (χ1) is 18.7. The van der Waals surface area contributed by atoms with Gasteiger partial charge >= 0.3 is 0 Å². The van der Waals surface area contributed by atoms with E-state index >= 15 is 0 Å². The lowest BCUT2D eigenvalue weighted by Gasteiger charge is -2.14.